The third-order valence-corrected chi connectivity index (χ3v) is 5.24. The number of halogens is 1. The number of piperidine rings is 1. The fraction of sp³-hybridized carbons (Fsp3) is 0.333. The number of hydrogen-bond acceptors (Lipinski definition) is 3. The van der Waals surface area contributed by atoms with Crippen molar-refractivity contribution in [1.82, 2.24) is 9.88 Å². The molecule has 2 heterocycles. The van der Waals surface area contributed by atoms with E-state index in [0.29, 0.717) is 11.6 Å². The van der Waals surface area contributed by atoms with Crippen LogP contribution < -0.4 is 15.4 Å². The quantitative estimate of drug-likeness (QED) is 0.723. The van der Waals surface area contributed by atoms with E-state index in [1.54, 1.807) is 6.07 Å². The number of fused-ring (bicyclic) bond motifs is 1. The Labute approximate surface area is 153 Å². The Balaban J connectivity index is 1.63. The second-order valence-corrected chi connectivity index (χ2v) is 6.93. The zero-order valence-corrected chi connectivity index (χ0v) is 15.2. The minimum atomic E-state index is -0.370. The molecule has 136 valence electrons. The van der Waals surface area contributed by atoms with Gasteiger partial charge in [-0.2, -0.15) is 0 Å². The molecular weight excluding hydrogens is 329 g/mol. The molecule has 2 aromatic carbocycles. The van der Waals surface area contributed by atoms with Crippen molar-refractivity contribution in [3.63, 3.8) is 0 Å². The molecule has 2 N–H and O–H groups in total. The average Bonchev–Trinajstić information content (AvgIpc) is 2.99. The van der Waals surface area contributed by atoms with Crippen molar-refractivity contribution in [2.24, 2.45) is 7.05 Å². The number of nitrogens with zero attached hydrogens (tertiary/aromatic N) is 1. The molecule has 0 atom stereocenters. The molecule has 1 aromatic heterocycles. The smallest absolute Gasteiger partial charge is 0.167 e. The lowest BCUT2D eigenvalue weighted by atomic mass is 9.90. The van der Waals surface area contributed by atoms with Crippen LogP contribution in [0.15, 0.2) is 42.6 Å². The van der Waals surface area contributed by atoms with Crippen LogP contribution >= 0.6 is 0 Å². The van der Waals surface area contributed by atoms with Crippen molar-refractivity contribution in [3.05, 3.63) is 54.0 Å². The average molecular weight is 353 g/mol. The number of nitrogens with one attached hydrogen (secondary N) is 2. The van der Waals surface area contributed by atoms with Crippen molar-refractivity contribution in [3.8, 4) is 5.75 Å². The van der Waals surface area contributed by atoms with Gasteiger partial charge in [-0.15, -0.1) is 0 Å². The van der Waals surface area contributed by atoms with Gasteiger partial charge in [0.25, 0.3) is 0 Å². The van der Waals surface area contributed by atoms with E-state index in [2.05, 4.69) is 46.6 Å². The second kappa shape index (κ2) is 7.00. The molecule has 26 heavy (non-hydrogen) atoms. The van der Waals surface area contributed by atoms with Crippen molar-refractivity contribution in [2.45, 2.75) is 18.8 Å². The SMILES string of the molecule is COc1ccc(Nc2ccc3c(C4CCNCC4)cn(C)c3c2)cc1F. The summed E-state index contributed by atoms with van der Waals surface area (Å²) in [7, 11) is 3.55. The van der Waals surface area contributed by atoms with Crippen molar-refractivity contribution in [1.29, 1.82) is 0 Å². The predicted molar refractivity (Wildman–Crippen MR) is 104 cm³/mol. The number of benzene rings is 2. The van der Waals surface area contributed by atoms with Crippen molar-refractivity contribution < 1.29 is 9.13 Å². The second-order valence-electron chi connectivity index (χ2n) is 6.93. The highest BCUT2D eigenvalue weighted by Crippen LogP contribution is 2.34. The molecule has 3 aromatic rings. The zero-order valence-electron chi connectivity index (χ0n) is 15.2. The highest BCUT2D eigenvalue weighted by Gasteiger charge is 2.19. The monoisotopic (exact) mass is 353 g/mol. The molecule has 0 saturated carbocycles. The van der Waals surface area contributed by atoms with Crippen LogP contribution in [-0.4, -0.2) is 24.8 Å². The largest absolute Gasteiger partial charge is 0.494 e. The molecule has 0 radical (unpaired) electrons. The lowest BCUT2D eigenvalue weighted by molar-refractivity contribution is 0.386. The third-order valence-electron chi connectivity index (χ3n) is 5.24. The van der Waals surface area contributed by atoms with E-state index >= 15 is 0 Å². The van der Waals surface area contributed by atoms with Gasteiger partial charge in [0.15, 0.2) is 11.6 Å². The van der Waals surface area contributed by atoms with Crippen LogP contribution in [0, 0.1) is 5.82 Å². The summed E-state index contributed by atoms with van der Waals surface area (Å²) in [4.78, 5) is 0. The van der Waals surface area contributed by atoms with E-state index in [1.165, 1.54) is 42.5 Å². The fourth-order valence-corrected chi connectivity index (χ4v) is 3.86. The van der Waals surface area contributed by atoms with E-state index in [-0.39, 0.29) is 11.6 Å². The van der Waals surface area contributed by atoms with E-state index in [9.17, 15) is 4.39 Å². The minimum absolute atomic E-state index is 0.250. The Kier molecular flexibility index (Phi) is 4.55. The van der Waals surface area contributed by atoms with Crippen LogP contribution in [-0.2, 0) is 7.05 Å². The first-order valence-electron chi connectivity index (χ1n) is 9.06. The molecule has 5 heteroatoms. The number of ether oxygens (including phenoxy) is 1. The van der Waals surface area contributed by atoms with Gasteiger partial charge in [0, 0.05) is 36.1 Å². The molecule has 4 nitrogen and oxygen atoms in total. The molecule has 1 fully saturated rings. The molecule has 0 spiro atoms. The third kappa shape index (κ3) is 3.15. The molecular formula is C21H24FN3O. The standard InChI is InChI=1S/C21H24FN3O/c1-25-13-18(14-7-9-23-10-8-14)17-5-3-16(12-20(17)25)24-15-4-6-21(26-2)19(22)11-15/h3-6,11-14,23-24H,7-10H2,1-2H3. The number of aromatic nitrogens is 1. The minimum Gasteiger partial charge on any atom is -0.494 e. The van der Waals surface area contributed by atoms with E-state index < -0.39 is 0 Å². The van der Waals surface area contributed by atoms with Crippen LogP contribution in [0.5, 0.6) is 5.75 Å². The van der Waals surface area contributed by atoms with Gasteiger partial charge in [-0.05, 0) is 61.7 Å². The number of anilines is 2. The van der Waals surface area contributed by atoms with Crippen molar-refractivity contribution in [2.75, 3.05) is 25.5 Å². The fourth-order valence-electron chi connectivity index (χ4n) is 3.86. The van der Waals surface area contributed by atoms with Gasteiger partial charge in [-0.1, -0.05) is 6.07 Å². The Morgan fingerprint density at radius 1 is 1.12 bits per heavy atom. The topological polar surface area (TPSA) is 38.2 Å². The summed E-state index contributed by atoms with van der Waals surface area (Å²) < 4.78 is 21.1. The van der Waals surface area contributed by atoms with Gasteiger partial charge >= 0.3 is 0 Å². The summed E-state index contributed by atoms with van der Waals surface area (Å²) in [6.45, 7) is 2.17. The predicted octanol–water partition coefficient (Wildman–Crippen LogP) is 4.54. The van der Waals surface area contributed by atoms with Crippen LogP contribution in [0.4, 0.5) is 15.8 Å². The maximum Gasteiger partial charge on any atom is 0.167 e. The molecule has 0 amide bonds. The molecule has 0 bridgehead atoms. The summed E-state index contributed by atoms with van der Waals surface area (Å²) in [5, 5.41) is 8.03. The number of methoxy groups -OCH3 is 1. The van der Waals surface area contributed by atoms with Crippen LogP contribution in [0.3, 0.4) is 0 Å². The van der Waals surface area contributed by atoms with E-state index in [1.807, 2.05) is 6.07 Å². The number of aryl methyl sites for hydroxylation is 1. The highest BCUT2D eigenvalue weighted by molar-refractivity contribution is 5.88. The number of hydrogen-bond donors (Lipinski definition) is 2. The Hall–Kier alpha value is -2.53. The summed E-state index contributed by atoms with van der Waals surface area (Å²) >= 11 is 0. The van der Waals surface area contributed by atoms with Gasteiger partial charge in [0.05, 0.1) is 12.6 Å². The van der Waals surface area contributed by atoms with Crippen LogP contribution in [0.2, 0.25) is 0 Å². The van der Waals surface area contributed by atoms with Gasteiger partial charge in [-0.3, -0.25) is 0 Å². The highest BCUT2D eigenvalue weighted by atomic mass is 19.1. The first-order chi connectivity index (χ1) is 12.7. The van der Waals surface area contributed by atoms with Gasteiger partial charge in [0.2, 0.25) is 0 Å². The Morgan fingerprint density at radius 2 is 1.85 bits per heavy atom. The van der Waals surface area contributed by atoms with Gasteiger partial charge in [0.1, 0.15) is 0 Å². The Morgan fingerprint density at radius 3 is 2.58 bits per heavy atom. The van der Waals surface area contributed by atoms with E-state index in [4.69, 9.17) is 4.74 Å². The van der Waals surface area contributed by atoms with Gasteiger partial charge < -0.3 is 19.9 Å². The number of rotatable bonds is 4. The maximum absolute atomic E-state index is 13.9. The first-order valence-corrected chi connectivity index (χ1v) is 9.06. The molecule has 1 aliphatic rings. The summed E-state index contributed by atoms with van der Waals surface area (Å²) in [5.74, 6) is 0.500. The normalized spacial score (nSPS) is 15.3. The molecule has 4 rings (SSSR count). The maximum atomic E-state index is 13.9. The molecule has 1 aliphatic heterocycles. The lowest BCUT2D eigenvalue weighted by Crippen LogP contribution is -2.26. The summed E-state index contributed by atoms with van der Waals surface area (Å²) in [6.07, 6.45) is 4.63. The van der Waals surface area contributed by atoms with E-state index in [0.717, 1.165) is 18.8 Å². The van der Waals surface area contributed by atoms with Crippen LogP contribution in [0.25, 0.3) is 10.9 Å². The lowest BCUT2D eigenvalue weighted by Gasteiger charge is -2.22. The molecule has 0 unspecified atom stereocenters. The van der Waals surface area contributed by atoms with Crippen LogP contribution in [0.1, 0.15) is 24.3 Å². The first kappa shape index (κ1) is 16.9. The van der Waals surface area contributed by atoms with Gasteiger partial charge in [-0.25, -0.2) is 4.39 Å². The molecule has 1 saturated heterocycles. The van der Waals surface area contributed by atoms with Crippen molar-refractivity contribution >= 4 is 22.3 Å². The molecule has 0 aliphatic carbocycles. The summed E-state index contributed by atoms with van der Waals surface area (Å²) in [5.41, 5.74) is 4.28. The Bertz CT molecular complexity index is 928. The summed E-state index contributed by atoms with van der Waals surface area (Å²) in [6, 6.07) is 11.3. The zero-order chi connectivity index (χ0) is 18.1.